The third kappa shape index (κ3) is 5.01. The number of aliphatic hydroxyl groups is 1. The molecule has 29 heavy (non-hydrogen) atoms. The quantitative estimate of drug-likeness (QED) is 0.568. The number of amides is 3. The molecule has 0 aliphatic carbocycles. The highest BCUT2D eigenvalue weighted by Crippen LogP contribution is 2.36. The standard InChI is InChI=1S/C21H30N4O4/c1-2-21(8-7-18(27)23-20(21)29)16-3-5-17(6-4-16)22-19(28)15-25-11-9-24(10-12-25)13-14-26/h3-6,26H,2,7-15H2,1H3,(H,22,28)(H,23,27,29). The van der Waals surface area contributed by atoms with Crippen molar-refractivity contribution < 1.29 is 19.5 Å². The monoisotopic (exact) mass is 402 g/mol. The average Bonchev–Trinajstić information content (AvgIpc) is 2.71. The van der Waals surface area contributed by atoms with Crippen molar-refractivity contribution in [1.29, 1.82) is 0 Å². The Bertz CT molecular complexity index is 744. The lowest BCUT2D eigenvalue weighted by molar-refractivity contribution is -0.138. The first-order chi connectivity index (χ1) is 14.0. The topological polar surface area (TPSA) is 102 Å². The van der Waals surface area contributed by atoms with Gasteiger partial charge in [-0.25, -0.2) is 0 Å². The predicted molar refractivity (Wildman–Crippen MR) is 109 cm³/mol. The van der Waals surface area contributed by atoms with Crippen LogP contribution in [-0.2, 0) is 19.8 Å². The fourth-order valence-corrected chi connectivity index (χ4v) is 4.15. The number of carbonyl (C=O) groups is 3. The largest absolute Gasteiger partial charge is 0.395 e. The molecule has 0 bridgehead atoms. The number of nitrogens with one attached hydrogen (secondary N) is 2. The molecule has 0 radical (unpaired) electrons. The Morgan fingerprint density at radius 2 is 1.79 bits per heavy atom. The van der Waals surface area contributed by atoms with Crippen LogP contribution in [0, 0.1) is 0 Å². The summed E-state index contributed by atoms with van der Waals surface area (Å²) in [5, 5.41) is 14.4. The van der Waals surface area contributed by atoms with E-state index >= 15 is 0 Å². The minimum absolute atomic E-state index is 0.0698. The van der Waals surface area contributed by atoms with Crippen LogP contribution in [0.1, 0.15) is 31.7 Å². The number of β-amino-alcohol motifs (C(OH)–C–C–N with tert-alkyl or cyclic N) is 1. The number of benzene rings is 1. The first-order valence-electron chi connectivity index (χ1n) is 10.3. The minimum Gasteiger partial charge on any atom is -0.395 e. The smallest absolute Gasteiger partial charge is 0.238 e. The molecule has 2 aliphatic heterocycles. The number of anilines is 1. The Kier molecular flexibility index (Phi) is 7.00. The van der Waals surface area contributed by atoms with Crippen LogP contribution < -0.4 is 10.6 Å². The van der Waals surface area contributed by atoms with E-state index in [4.69, 9.17) is 5.11 Å². The molecule has 8 nitrogen and oxygen atoms in total. The van der Waals surface area contributed by atoms with Gasteiger partial charge in [0.15, 0.2) is 0 Å². The maximum atomic E-state index is 12.5. The summed E-state index contributed by atoms with van der Waals surface area (Å²) in [6.45, 7) is 6.44. The first kappa shape index (κ1) is 21.4. The van der Waals surface area contributed by atoms with E-state index in [1.165, 1.54) is 0 Å². The molecule has 1 aromatic rings. The molecule has 2 aliphatic rings. The summed E-state index contributed by atoms with van der Waals surface area (Å²) >= 11 is 0. The van der Waals surface area contributed by atoms with Crippen molar-refractivity contribution >= 4 is 23.4 Å². The Hall–Kier alpha value is -2.29. The van der Waals surface area contributed by atoms with Gasteiger partial charge in [0.2, 0.25) is 17.7 Å². The molecule has 1 atom stereocenters. The summed E-state index contributed by atoms with van der Waals surface area (Å²) in [5.41, 5.74) is 0.865. The summed E-state index contributed by atoms with van der Waals surface area (Å²) in [4.78, 5) is 40.6. The molecule has 2 fully saturated rings. The van der Waals surface area contributed by atoms with Crippen LogP contribution in [0.2, 0.25) is 0 Å². The molecule has 0 saturated carbocycles. The average molecular weight is 402 g/mol. The van der Waals surface area contributed by atoms with Gasteiger partial charge < -0.3 is 10.4 Å². The second-order valence-corrected chi connectivity index (χ2v) is 7.78. The molecule has 158 valence electrons. The summed E-state index contributed by atoms with van der Waals surface area (Å²) in [6.07, 6.45) is 1.45. The highest BCUT2D eigenvalue weighted by atomic mass is 16.3. The number of hydrogen-bond acceptors (Lipinski definition) is 6. The molecule has 0 spiro atoms. The van der Waals surface area contributed by atoms with Crippen molar-refractivity contribution in [3.63, 3.8) is 0 Å². The van der Waals surface area contributed by atoms with Crippen LogP contribution in [0.3, 0.4) is 0 Å². The Balaban J connectivity index is 1.56. The van der Waals surface area contributed by atoms with Gasteiger partial charge in [-0.3, -0.25) is 29.5 Å². The first-order valence-corrected chi connectivity index (χ1v) is 10.3. The molecule has 1 aromatic carbocycles. The van der Waals surface area contributed by atoms with Gasteiger partial charge in [0.1, 0.15) is 0 Å². The van der Waals surface area contributed by atoms with Crippen LogP contribution in [0.25, 0.3) is 0 Å². The number of piperazine rings is 1. The van der Waals surface area contributed by atoms with Gasteiger partial charge in [-0.2, -0.15) is 0 Å². The van der Waals surface area contributed by atoms with Gasteiger partial charge in [-0.05, 0) is 30.5 Å². The highest BCUT2D eigenvalue weighted by molar-refractivity contribution is 6.03. The Labute approximate surface area is 171 Å². The lowest BCUT2D eigenvalue weighted by atomic mass is 9.72. The molecule has 0 aromatic heterocycles. The molecular weight excluding hydrogens is 372 g/mol. The van der Waals surface area contributed by atoms with E-state index in [9.17, 15) is 14.4 Å². The minimum atomic E-state index is -0.690. The highest BCUT2D eigenvalue weighted by Gasteiger charge is 2.42. The third-order valence-electron chi connectivity index (χ3n) is 6.04. The summed E-state index contributed by atoms with van der Waals surface area (Å²) in [5.74, 6) is -0.534. The van der Waals surface area contributed by atoms with Crippen LogP contribution in [0.5, 0.6) is 0 Å². The molecule has 1 unspecified atom stereocenters. The maximum absolute atomic E-state index is 12.5. The number of piperidine rings is 1. The number of aliphatic hydroxyl groups excluding tert-OH is 1. The van der Waals surface area contributed by atoms with Crippen molar-refractivity contribution in [1.82, 2.24) is 15.1 Å². The van der Waals surface area contributed by atoms with E-state index in [-0.39, 0.29) is 24.3 Å². The molecule has 3 N–H and O–H groups in total. The SMILES string of the molecule is CCC1(c2ccc(NC(=O)CN3CCN(CCO)CC3)cc2)CCC(=O)NC1=O. The van der Waals surface area contributed by atoms with E-state index < -0.39 is 5.41 Å². The molecule has 8 heteroatoms. The molecule has 3 rings (SSSR count). The van der Waals surface area contributed by atoms with Crippen LogP contribution >= 0.6 is 0 Å². The number of carbonyl (C=O) groups excluding carboxylic acids is 3. The Morgan fingerprint density at radius 3 is 2.38 bits per heavy atom. The van der Waals surface area contributed by atoms with Crippen molar-refractivity contribution in [2.75, 3.05) is 51.2 Å². The second kappa shape index (κ2) is 9.47. The number of imide groups is 1. The second-order valence-electron chi connectivity index (χ2n) is 7.78. The van der Waals surface area contributed by atoms with E-state index in [0.29, 0.717) is 38.0 Å². The normalized spacial score (nSPS) is 23.7. The van der Waals surface area contributed by atoms with Crippen molar-refractivity contribution in [3.8, 4) is 0 Å². The fourth-order valence-electron chi connectivity index (χ4n) is 4.15. The zero-order chi connectivity index (χ0) is 20.9. The zero-order valence-corrected chi connectivity index (χ0v) is 16.9. The van der Waals surface area contributed by atoms with E-state index in [1.807, 2.05) is 31.2 Å². The molecule has 2 saturated heterocycles. The van der Waals surface area contributed by atoms with Gasteiger partial charge in [0, 0.05) is 44.8 Å². The van der Waals surface area contributed by atoms with Crippen molar-refractivity contribution in [2.24, 2.45) is 0 Å². The van der Waals surface area contributed by atoms with Crippen molar-refractivity contribution in [3.05, 3.63) is 29.8 Å². The summed E-state index contributed by atoms with van der Waals surface area (Å²) in [7, 11) is 0. The van der Waals surface area contributed by atoms with Gasteiger partial charge in [0.25, 0.3) is 0 Å². The van der Waals surface area contributed by atoms with Crippen LogP contribution in [0.4, 0.5) is 5.69 Å². The van der Waals surface area contributed by atoms with Gasteiger partial charge >= 0.3 is 0 Å². The van der Waals surface area contributed by atoms with Crippen molar-refractivity contribution in [2.45, 2.75) is 31.6 Å². The molecular formula is C21H30N4O4. The summed E-state index contributed by atoms with van der Waals surface area (Å²) in [6, 6.07) is 7.35. The van der Waals surface area contributed by atoms with E-state index in [0.717, 1.165) is 31.7 Å². The lowest BCUT2D eigenvalue weighted by Crippen LogP contribution is -2.51. The zero-order valence-electron chi connectivity index (χ0n) is 16.9. The van der Waals surface area contributed by atoms with Gasteiger partial charge in [0.05, 0.1) is 18.6 Å². The van der Waals surface area contributed by atoms with Gasteiger partial charge in [-0.15, -0.1) is 0 Å². The summed E-state index contributed by atoms with van der Waals surface area (Å²) < 4.78 is 0. The third-order valence-corrected chi connectivity index (χ3v) is 6.04. The Morgan fingerprint density at radius 1 is 1.14 bits per heavy atom. The van der Waals surface area contributed by atoms with Gasteiger partial charge in [-0.1, -0.05) is 19.1 Å². The molecule has 3 amide bonds. The molecule has 2 heterocycles. The van der Waals surface area contributed by atoms with Crippen LogP contribution in [0.15, 0.2) is 24.3 Å². The fraction of sp³-hybridized carbons (Fsp3) is 0.571. The van der Waals surface area contributed by atoms with Crippen LogP contribution in [-0.4, -0.2) is 78.5 Å². The van der Waals surface area contributed by atoms with E-state index in [1.54, 1.807) is 0 Å². The lowest BCUT2D eigenvalue weighted by Gasteiger charge is -2.35. The number of hydrogen-bond donors (Lipinski definition) is 3. The number of rotatable bonds is 7. The van der Waals surface area contributed by atoms with E-state index in [2.05, 4.69) is 20.4 Å². The predicted octanol–water partition coefficient (Wildman–Crippen LogP) is 0.319. The maximum Gasteiger partial charge on any atom is 0.238 e. The number of nitrogens with zero attached hydrogens (tertiary/aromatic N) is 2.